The van der Waals surface area contributed by atoms with Gasteiger partial charge in [0.25, 0.3) is 0 Å². The molecule has 0 atom stereocenters. The second-order valence-corrected chi connectivity index (χ2v) is 6.43. The monoisotopic (exact) mass is 318 g/mol. The van der Waals surface area contributed by atoms with E-state index in [0.29, 0.717) is 13.0 Å². The number of methoxy groups -OCH3 is 1. The van der Waals surface area contributed by atoms with Crippen molar-refractivity contribution in [1.82, 2.24) is 9.62 Å². The van der Waals surface area contributed by atoms with E-state index in [2.05, 4.69) is 10.1 Å². The minimum absolute atomic E-state index is 0.181. The summed E-state index contributed by atoms with van der Waals surface area (Å²) in [6.45, 7) is 0.896. The molecule has 0 aromatic heterocycles. The predicted molar refractivity (Wildman–Crippen MR) is 76.1 cm³/mol. The molecule has 0 saturated carbocycles. The van der Waals surface area contributed by atoms with Crippen molar-refractivity contribution in [2.24, 2.45) is 0 Å². The minimum Gasteiger partial charge on any atom is -0.465 e. The van der Waals surface area contributed by atoms with Gasteiger partial charge in [0.1, 0.15) is 5.82 Å². The lowest BCUT2D eigenvalue weighted by atomic mass is 10.2. The molecule has 0 saturated heterocycles. The summed E-state index contributed by atoms with van der Waals surface area (Å²) in [5.74, 6) is -1.55. The van der Waals surface area contributed by atoms with Gasteiger partial charge in [0.15, 0.2) is 0 Å². The highest BCUT2D eigenvalue weighted by atomic mass is 32.2. The van der Waals surface area contributed by atoms with Crippen molar-refractivity contribution in [3.05, 3.63) is 29.6 Å². The van der Waals surface area contributed by atoms with Gasteiger partial charge in [-0.25, -0.2) is 21.9 Å². The summed E-state index contributed by atoms with van der Waals surface area (Å²) in [6, 6.07) is 2.96. The SMILES string of the molecule is CNCCCN(C)S(=O)(=O)c1cc(F)ccc1C(=O)OC. The van der Waals surface area contributed by atoms with Gasteiger partial charge >= 0.3 is 5.97 Å². The Morgan fingerprint density at radius 3 is 2.67 bits per heavy atom. The van der Waals surface area contributed by atoms with Crippen LogP contribution in [-0.4, -0.2) is 53.0 Å². The van der Waals surface area contributed by atoms with Gasteiger partial charge in [0.05, 0.1) is 17.6 Å². The third-order valence-corrected chi connectivity index (χ3v) is 4.83. The second-order valence-electron chi connectivity index (χ2n) is 4.42. The van der Waals surface area contributed by atoms with Crippen LogP contribution in [-0.2, 0) is 14.8 Å². The van der Waals surface area contributed by atoms with Gasteiger partial charge in [0.2, 0.25) is 10.0 Å². The molecule has 0 aliphatic rings. The molecule has 1 rings (SSSR count). The maximum Gasteiger partial charge on any atom is 0.339 e. The Kier molecular flexibility index (Phi) is 6.25. The number of carbonyl (C=O) groups is 1. The van der Waals surface area contributed by atoms with Crippen molar-refractivity contribution in [3.8, 4) is 0 Å². The minimum atomic E-state index is -3.96. The molecule has 0 aliphatic carbocycles. The molecule has 0 bridgehead atoms. The van der Waals surface area contributed by atoms with Crippen molar-refractivity contribution in [1.29, 1.82) is 0 Å². The summed E-state index contributed by atoms with van der Waals surface area (Å²) in [7, 11) is 0.321. The highest BCUT2D eigenvalue weighted by molar-refractivity contribution is 7.89. The van der Waals surface area contributed by atoms with E-state index in [1.54, 1.807) is 7.05 Å². The molecule has 1 aromatic rings. The number of esters is 1. The van der Waals surface area contributed by atoms with Gasteiger partial charge in [0, 0.05) is 13.6 Å². The number of hydrogen-bond acceptors (Lipinski definition) is 5. The fourth-order valence-corrected chi connectivity index (χ4v) is 3.15. The van der Waals surface area contributed by atoms with E-state index < -0.39 is 21.8 Å². The Morgan fingerprint density at radius 1 is 1.43 bits per heavy atom. The predicted octanol–water partition coefficient (Wildman–Crippen LogP) is 0.842. The van der Waals surface area contributed by atoms with E-state index in [4.69, 9.17) is 0 Å². The van der Waals surface area contributed by atoms with E-state index in [9.17, 15) is 17.6 Å². The summed E-state index contributed by atoms with van der Waals surface area (Å²) >= 11 is 0. The molecular formula is C13H19FN2O4S. The number of nitrogens with one attached hydrogen (secondary N) is 1. The first kappa shape index (κ1) is 17.5. The fourth-order valence-electron chi connectivity index (χ4n) is 1.75. The molecule has 6 nitrogen and oxygen atoms in total. The van der Waals surface area contributed by atoms with Crippen molar-refractivity contribution in [2.75, 3.05) is 34.3 Å². The van der Waals surface area contributed by atoms with Crippen LogP contribution in [0.15, 0.2) is 23.1 Å². The van der Waals surface area contributed by atoms with Crippen LogP contribution < -0.4 is 5.32 Å². The number of carbonyl (C=O) groups excluding carboxylic acids is 1. The van der Waals surface area contributed by atoms with Gasteiger partial charge in [-0.1, -0.05) is 0 Å². The molecule has 0 spiro atoms. The summed E-state index contributed by atoms with van der Waals surface area (Å²) in [5, 5.41) is 2.91. The van der Waals surface area contributed by atoms with Crippen LogP contribution in [0.1, 0.15) is 16.8 Å². The van der Waals surface area contributed by atoms with Crippen molar-refractivity contribution in [3.63, 3.8) is 0 Å². The Bertz CT molecular complexity index is 604. The zero-order valence-electron chi connectivity index (χ0n) is 12.2. The molecule has 1 N–H and O–H groups in total. The molecule has 0 amide bonds. The first-order chi connectivity index (χ1) is 9.84. The third-order valence-electron chi connectivity index (χ3n) is 2.94. The number of hydrogen-bond donors (Lipinski definition) is 1. The Morgan fingerprint density at radius 2 is 2.10 bits per heavy atom. The third kappa shape index (κ3) is 4.23. The maximum atomic E-state index is 13.4. The highest BCUT2D eigenvalue weighted by Gasteiger charge is 2.27. The molecule has 1 aromatic carbocycles. The molecule has 0 unspecified atom stereocenters. The summed E-state index contributed by atoms with van der Waals surface area (Å²) in [4.78, 5) is 11.2. The normalized spacial score (nSPS) is 11.7. The van der Waals surface area contributed by atoms with Gasteiger partial charge in [-0.05, 0) is 38.2 Å². The number of halogens is 1. The van der Waals surface area contributed by atoms with Crippen LogP contribution in [0, 0.1) is 5.82 Å². The molecule has 0 aliphatic heterocycles. The molecule has 8 heteroatoms. The summed E-state index contributed by atoms with van der Waals surface area (Å²) in [5.41, 5.74) is -0.181. The number of sulfonamides is 1. The lowest BCUT2D eigenvalue weighted by Gasteiger charge is -2.18. The zero-order valence-corrected chi connectivity index (χ0v) is 13.0. The first-order valence-corrected chi connectivity index (χ1v) is 7.77. The Balaban J connectivity index is 3.17. The lowest BCUT2D eigenvalue weighted by Crippen LogP contribution is -2.31. The maximum absolute atomic E-state index is 13.4. The smallest absolute Gasteiger partial charge is 0.339 e. The van der Waals surface area contributed by atoms with Gasteiger partial charge in [-0.3, -0.25) is 0 Å². The van der Waals surface area contributed by atoms with Crippen LogP contribution in [0.5, 0.6) is 0 Å². The number of nitrogens with zero attached hydrogens (tertiary/aromatic N) is 1. The fraction of sp³-hybridized carbons (Fsp3) is 0.462. The van der Waals surface area contributed by atoms with E-state index in [1.807, 2.05) is 0 Å². The van der Waals surface area contributed by atoms with Crippen LogP contribution in [0.4, 0.5) is 4.39 Å². The average Bonchev–Trinajstić information content (AvgIpc) is 2.46. The molecule has 21 heavy (non-hydrogen) atoms. The van der Waals surface area contributed by atoms with Crippen LogP contribution in [0.25, 0.3) is 0 Å². The summed E-state index contributed by atoms with van der Waals surface area (Å²) in [6.07, 6.45) is 0.592. The van der Waals surface area contributed by atoms with Gasteiger partial charge in [-0.15, -0.1) is 0 Å². The Hall–Kier alpha value is -1.51. The largest absolute Gasteiger partial charge is 0.465 e. The lowest BCUT2D eigenvalue weighted by molar-refractivity contribution is 0.0596. The Labute approximate surface area is 123 Å². The zero-order chi connectivity index (χ0) is 16.0. The van der Waals surface area contributed by atoms with E-state index in [1.165, 1.54) is 7.05 Å². The average molecular weight is 318 g/mol. The van der Waals surface area contributed by atoms with Gasteiger partial charge < -0.3 is 10.1 Å². The first-order valence-electron chi connectivity index (χ1n) is 6.33. The molecule has 0 radical (unpaired) electrons. The second kappa shape index (κ2) is 7.48. The van der Waals surface area contributed by atoms with Gasteiger partial charge in [-0.2, -0.15) is 0 Å². The number of ether oxygens (including phenoxy) is 1. The van der Waals surface area contributed by atoms with E-state index >= 15 is 0 Å². The number of benzene rings is 1. The standard InChI is InChI=1S/C13H19FN2O4S/c1-15-7-4-8-16(2)21(18,19)12-9-10(14)5-6-11(12)13(17)20-3/h5-6,9,15H,4,7-8H2,1-3H3. The molecule has 0 fully saturated rings. The molecular weight excluding hydrogens is 299 g/mol. The molecule has 0 heterocycles. The molecule has 118 valence electrons. The van der Waals surface area contributed by atoms with Crippen molar-refractivity contribution < 1.29 is 22.3 Å². The van der Waals surface area contributed by atoms with Crippen LogP contribution in [0.2, 0.25) is 0 Å². The van der Waals surface area contributed by atoms with Crippen molar-refractivity contribution in [2.45, 2.75) is 11.3 Å². The van der Waals surface area contributed by atoms with Crippen molar-refractivity contribution >= 4 is 16.0 Å². The number of rotatable bonds is 7. The summed E-state index contributed by atoms with van der Waals surface area (Å²) < 4.78 is 43.9. The van der Waals surface area contributed by atoms with E-state index in [-0.39, 0.29) is 17.0 Å². The topological polar surface area (TPSA) is 75.7 Å². The van der Waals surface area contributed by atoms with Crippen LogP contribution >= 0.6 is 0 Å². The van der Waals surface area contributed by atoms with Crippen LogP contribution in [0.3, 0.4) is 0 Å². The quantitative estimate of drug-likeness (QED) is 0.596. The van der Waals surface area contributed by atoms with E-state index in [0.717, 1.165) is 29.6 Å². The highest BCUT2D eigenvalue weighted by Crippen LogP contribution is 2.21.